The summed E-state index contributed by atoms with van der Waals surface area (Å²) in [4.78, 5) is 21.9. The van der Waals surface area contributed by atoms with Crippen molar-refractivity contribution in [2.24, 2.45) is 0 Å². The Morgan fingerprint density at radius 1 is 0.868 bits per heavy atom. The van der Waals surface area contributed by atoms with Crippen LogP contribution in [-0.4, -0.2) is 26.7 Å². The molecule has 0 aliphatic heterocycles. The zero-order valence-electron chi connectivity index (χ0n) is 20.8. The number of benzene rings is 3. The van der Waals surface area contributed by atoms with Crippen LogP contribution in [0.1, 0.15) is 28.5 Å². The zero-order valence-corrected chi connectivity index (χ0v) is 21.6. The molecule has 0 unspecified atom stereocenters. The van der Waals surface area contributed by atoms with E-state index < -0.39 is 5.92 Å². The maximum atomic E-state index is 14.3. The molecule has 0 saturated heterocycles. The minimum Gasteiger partial charge on any atom is -0.467 e. The van der Waals surface area contributed by atoms with Crippen LogP contribution in [0.25, 0.3) is 16.2 Å². The first kappa shape index (κ1) is 23.9. The number of carbonyl (C=O) groups is 1. The molecular formula is C32H27N3O2S. The molecule has 6 aromatic rings. The number of fused-ring (bicyclic) bond motifs is 1. The number of hydrogen-bond acceptors (Lipinski definition) is 4. The van der Waals surface area contributed by atoms with Crippen LogP contribution in [0.4, 0.5) is 0 Å². The lowest BCUT2D eigenvalue weighted by Crippen LogP contribution is -2.36. The van der Waals surface area contributed by atoms with Gasteiger partial charge in [0, 0.05) is 35.8 Å². The van der Waals surface area contributed by atoms with Crippen LogP contribution in [0.5, 0.6) is 0 Å². The van der Waals surface area contributed by atoms with Gasteiger partial charge in [0.25, 0.3) is 0 Å². The molecule has 3 aromatic heterocycles. The van der Waals surface area contributed by atoms with Crippen molar-refractivity contribution in [3.05, 3.63) is 144 Å². The topological polar surface area (TPSA) is 50.8 Å². The smallest absolute Gasteiger partial charge is 0.234 e. The zero-order chi connectivity index (χ0) is 25.7. The van der Waals surface area contributed by atoms with Crippen molar-refractivity contribution in [2.75, 3.05) is 6.54 Å². The molecule has 1 amide bonds. The first-order valence-corrected chi connectivity index (χ1v) is 13.6. The summed E-state index contributed by atoms with van der Waals surface area (Å²) >= 11 is 1.62. The predicted octanol–water partition coefficient (Wildman–Crippen LogP) is 7.06. The van der Waals surface area contributed by atoms with E-state index in [2.05, 4.69) is 28.1 Å². The van der Waals surface area contributed by atoms with Gasteiger partial charge in [-0.25, -0.2) is 4.98 Å². The Balaban J connectivity index is 1.30. The van der Waals surface area contributed by atoms with E-state index in [0.29, 0.717) is 19.5 Å². The van der Waals surface area contributed by atoms with Crippen molar-refractivity contribution in [2.45, 2.75) is 18.9 Å². The van der Waals surface area contributed by atoms with Gasteiger partial charge < -0.3 is 9.32 Å². The van der Waals surface area contributed by atoms with Crippen LogP contribution < -0.4 is 0 Å². The number of thiazole rings is 1. The third-order valence-electron chi connectivity index (χ3n) is 6.74. The molecule has 0 fully saturated rings. The lowest BCUT2D eigenvalue weighted by atomic mass is 9.90. The fourth-order valence-electron chi connectivity index (χ4n) is 4.82. The maximum absolute atomic E-state index is 14.3. The Kier molecular flexibility index (Phi) is 6.87. The van der Waals surface area contributed by atoms with E-state index in [-0.39, 0.29) is 5.91 Å². The molecule has 0 spiro atoms. The molecule has 0 atom stereocenters. The normalized spacial score (nSPS) is 11.3. The number of furan rings is 1. The first-order chi connectivity index (χ1) is 18.8. The largest absolute Gasteiger partial charge is 0.467 e. The highest BCUT2D eigenvalue weighted by Gasteiger charge is 2.28. The minimum absolute atomic E-state index is 0.0564. The Labute approximate surface area is 225 Å². The Morgan fingerprint density at radius 2 is 1.53 bits per heavy atom. The summed E-state index contributed by atoms with van der Waals surface area (Å²) in [5.74, 6) is 0.427. The van der Waals surface area contributed by atoms with Crippen LogP contribution in [0.15, 0.2) is 125 Å². The molecule has 38 heavy (non-hydrogen) atoms. The number of imidazole rings is 1. The van der Waals surface area contributed by atoms with Gasteiger partial charge in [-0.2, -0.15) is 0 Å². The highest BCUT2D eigenvalue weighted by molar-refractivity contribution is 7.15. The second-order valence-corrected chi connectivity index (χ2v) is 10.1. The average Bonchev–Trinajstić information content (AvgIpc) is 3.72. The third-order valence-corrected chi connectivity index (χ3v) is 7.63. The molecule has 0 aliphatic carbocycles. The summed E-state index contributed by atoms with van der Waals surface area (Å²) in [6, 6.07) is 34.0. The van der Waals surface area contributed by atoms with Crippen LogP contribution in [0, 0.1) is 0 Å². The molecule has 3 heterocycles. The average molecular weight is 518 g/mol. The second-order valence-electron chi connectivity index (χ2n) is 9.22. The Morgan fingerprint density at radius 3 is 2.16 bits per heavy atom. The van der Waals surface area contributed by atoms with Gasteiger partial charge in [-0.3, -0.25) is 9.20 Å². The van der Waals surface area contributed by atoms with Gasteiger partial charge in [0.15, 0.2) is 4.96 Å². The molecule has 0 saturated carbocycles. The number of hydrogen-bond donors (Lipinski definition) is 0. The van der Waals surface area contributed by atoms with E-state index in [1.54, 1.807) is 17.6 Å². The summed E-state index contributed by atoms with van der Waals surface area (Å²) in [5.41, 5.74) is 5.14. The fourth-order valence-corrected chi connectivity index (χ4v) is 5.72. The number of rotatable bonds is 9. The molecule has 6 heteroatoms. The van der Waals surface area contributed by atoms with Gasteiger partial charge in [-0.1, -0.05) is 91.0 Å². The fraction of sp³-hybridized carbons (Fsp3) is 0.125. The van der Waals surface area contributed by atoms with Crippen molar-refractivity contribution in [3.63, 3.8) is 0 Å². The highest BCUT2D eigenvalue weighted by Crippen LogP contribution is 2.29. The van der Waals surface area contributed by atoms with Gasteiger partial charge in [-0.15, -0.1) is 11.3 Å². The van der Waals surface area contributed by atoms with Crippen LogP contribution in [0.2, 0.25) is 0 Å². The first-order valence-electron chi connectivity index (χ1n) is 12.7. The molecule has 6 rings (SSSR count). The van der Waals surface area contributed by atoms with Crippen molar-refractivity contribution >= 4 is 22.2 Å². The number of amides is 1. The molecule has 188 valence electrons. The van der Waals surface area contributed by atoms with E-state index in [4.69, 9.17) is 9.40 Å². The molecule has 0 bridgehead atoms. The van der Waals surface area contributed by atoms with E-state index in [0.717, 1.165) is 38.8 Å². The molecular weight excluding hydrogens is 490 g/mol. The molecule has 3 aromatic carbocycles. The third kappa shape index (κ3) is 5.04. The van der Waals surface area contributed by atoms with E-state index in [9.17, 15) is 4.79 Å². The Bertz CT molecular complexity index is 1570. The van der Waals surface area contributed by atoms with Crippen molar-refractivity contribution in [1.29, 1.82) is 0 Å². The Hall–Kier alpha value is -4.42. The van der Waals surface area contributed by atoms with Gasteiger partial charge in [-0.05, 0) is 23.3 Å². The van der Waals surface area contributed by atoms with Gasteiger partial charge in [0.05, 0.1) is 24.4 Å². The van der Waals surface area contributed by atoms with Crippen LogP contribution >= 0.6 is 11.3 Å². The second kappa shape index (κ2) is 10.9. The number of aromatic nitrogens is 2. The summed E-state index contributed by atoms with van der Waals surface area (Å²) in [7, 11) is 0. The summed E-state index contributed by atoms with van der Waals surface area (Å²) < 4.78 is 7.81. The minimum atomic E-state index is -0.396. The quantitative estimate of drug-likeness (QED) is 0.206. The summed E-state index contributed by atoms with van der Waals surface area (Å²) in [5, 5.41) is 2.14. The maximum Gasteiger partial charge on any atom is 0.234 e. The lowest BCUT2D eigenvalue weighted by Gasteiger charge is -2.27. The summed E-state index contributed by atoms with van der Waals surface area (Å²) in [6.07, 6.45) is 4.45. The molecule has 0 radical (unpaired) electrons. The number of carbonyl (C=O) groups excluding carboxylic acids is 1. The van der Waals surface area contributed by atoms with Gasteiger partial charge in [0.1, 0.15) is 5.76 Å². The van der Waals surface area contributed by atoms with Crippen molar-refractivity contribution in [1.82, 2.24) is 14.3 Å². The molecule has 0 aliphatic rings. The van der Waals surface area contributed by atoms with E-state index >= 15 is 0 Å². The van der Waals surface area contributed by atoms with Crippen LogP contribution in [-0.2, 0) is 17.8 Å². The lowest BCUT2D eigenvalue weighted by molar-refractivity contribution is -0.132. The van der Waals surface area contributed by atoms with Gasteiger partial charge in [0.2, 0.25) is 5.91 Å². The van der Waals surface area contributed by atoms with Crippen molar-refractivity contribution in [3.8, 4) is 11.3 Å². The van der Waals surface area contributed by atoms with E-state index in [1.807, 2.05) is 95.9 Å². The van der Waals surface area contributed by atoms with E-state index in [1.165, 1.54) is 0 Å². The standard InChI is InChI=1S/C32H27N3O2S/c36-31(30(25-13-6-2-7-14-25)26-15-8-3-9-16-26)34(21-28-17-10-20-37-28)19-18-27-23-38-32-33-29(22-35(27)32)24-11-4-1-5-12-24/h1-17,20,22-23,30H,18-19,21H2. The highest BCUT2D eigenvalue weighted by atomic mass is 32.1. The monoisotopic (exact) mass is 517 g/mol. The number of nitrogens with zero attached hydrogens (tertiary/aromatic N) is 3. The van der Waals surface area contributed by atoms with Crippen LogP contribution in [0.3, 0.4) is 0 Å². The van der Waals surface area contributed by atoms with Gasteiger partial charge >= 0.3 is 0 Å². The predicted molar refractivity (Wildman–Crippen MR) is 151 cm³/mol. The van der Waals surface area contributed by atoms with Crippen molar-refractivity contribution < 1.29 is 9.21 Å². The SMILES string of the molecule is O=C(C(c1ccccc1)c1ccccc1)N(CCc1csc2nc(-c3ccccc3)cn12)Cc1ccco1. The molecule has 0 N–H and O–H groups in total. The molecule has 5 nitrogen and oxygen atoms in total. The summed E-state index contributed by atoms with van der Waals surface area (Å²) in [6.45, 7) is 0.967.